The molecule has 2 bridgehead atoms. The molecule has 6 rings (SSSR count). The second-order valence-electron chi connectivity index (χ2n) is 8.35. The van der Waals surface area contributed by atoms with Gasteiger partial charge in [-0.05, 0) is 18.9 Å². The van der Waals surface area contributed by atoms with E-state index in [2.05, 4.69) is 25.6 Å². The maximum absolute atomic E-state index is 14.2. The third-order valence-electron chi connectivity index (χ3n) is 6.37. The molecule has 1 saturated carbocycles. The van der Waals surface area contributed by atoms with Crippen molar-refractivity contribution in [2.45, 2.75) is 37.4 Å². The highest BCUT2D eigenvalue weighted by atomic mass is 19.1. The van der Waals surface area contributed by atoms with E-state index in [9.17, 15) is 9.18 Å². The van der Waals surface area contributed by atoms with Crippen LogP contribution >= 0.6 is 0 Å². The average Bonchev–Trinajstić information content (AvgIpc) is 3.38. The number of carbonyl (C=O) groups is 1. The number of morpholine rings is 1. The Kier molecular flexibility index (Phi) is 3.86. The van der Waals surface area contributed by atoms with Gasteiger partial charge in [0.15, 0.2) is 5.82 Å². The molecule has 0 aromatic carbocycles. The lowest BCUT2D eigenvalue weighted by atomic mass is 10.0. The Balaban J connectivity index is 1.50. The van der Waals surface area contributed by atoms with Crippen LogP contribution in [0.4, 0.5) is 16.0 Å². The number of ether oxygens (including phenoxy) is 1. The van der Waals surface area contributed by atoms with Gasteiger partial charge in [-0.25, -0.2) is 19.0 Å². The number of carbonyl (C=O) groups excluding carboxylic acids is 1. The topological polar surface area (TPSA) is 96.7 Å². The zero-order valence-corrected chi connectivity index (χ0v) is 16.4. The summed E-state index contributed by atoms with van der Waals surface area (Å²) in [6.07, 6.45) is 5.25. The van der Waals surface area contributed by atoms with Crippen LogP contribution in [0.3, 0.4) is 0 Å². The van der Waals surface area contributed by atoms with Crippen LogP contribution in [-0.2, 0) is 11.3 Å². The van der Waals surface area contributed by atoms with Crippen LogP contribution in [-0.4, -0.2) is 63.2 Å². The lowest BCUT2D eigenvalue weighted by Gasteiger charge is -2.39. The first-order valence-electron chi connectivity index (χ1n) is 10.3. The maximum atomic E-state index is 14.2. The molecule has 10 heteroatoms. The summed E-state index contributed by atoms with van der Waals surface area (Å²) in [6, 6.07) is 1.32. The zero-order chi connectivity index (χ0) is 20.3. The lowest BCUT2D eigenvalue weighted by Crippen LogP contribution is -2.44. The lowest BCUT2D eigenvalue weighted by molar-refractivity contribution is 0.0245. The van der Waals surface area contributed by atoms with Crippen LogP contribution < -0.4 is 10.6 Å². The maximum Gasteiger partial charge on any atom is 0.257 e. The van der Waals surface area contributed by atoms with Crippen molar-refractivity contribution in [3.63, 3.8) is 0 Å². The number of aromatic nitrogens is 3. The minimum absolute atomic E-state index is 0.161. The molecule has 1 aliphatic carbocycles. The number of aryl methyl sites for hydroxylation is 1. The molecule has 2 fully saturated rings. The fraction of sp³-hybridized carbons (Fsp3) is 0.500. The molecule has 1 spiro atoms. The SMILES string of the molecule is O=C1NC2(CC2)CNc2ncc(F)cc2C2COCCN2C2=Nc3c1cnn3CC2. The minimum atomic E-state index is -0.384. The van der Waals surface area contributed by atoms with Gasteiger partial charge in [-0.1, -0.05) is 0 Å². The van der Waals surface area contributed by atoms with E-state index in [0.29, 0.717) is 56.5 Å². The molecule has 3 aliphatic heterocycles. The molecule has 5 heterocycles. The smallest absolute Gasteiger partial charge is 0.257 e. The van der Waals surface area contributed by atoms with Gasteiger partial charge >= 0.3 is 0 Å². The number of anilines is 1. The standard InChI is InChI=1S/C20H22FN7O2/c21-12-7-13-15-10-30-6-5-27(15)16-1-4-28-18(25-16)14(9-24-28)19(29)26-20(2-3-20)11-23-17(13)22-8-12/h7-9,15H,1-6,10-11H2,(H,22,23)(H,26,29). The molecule has 0 radical (unpaired) electrons. The normalized spacial score (nSPS) is 24.3. The fourth-order valence-electron chi connectivity index (χ4n) is 4.50. The Morgan fingerprint density at radius 1 is 1.27 bits per heavy atom. The van der Waals surface area contributed by atoms with E-state index in [1.807, 2.05) is 0 Å². The zero-order valence-electron chi connectivity index (χ0n) is 16.4. The second kappa shape index (κ2) is 6.49. The van der Waals surface area contributed by atoms with Crippen molar-refractivity contribution < 1.29 is 13.9 Å². The van der Waals surface area contributed by atoms with E-state index < -0.39 is 0 Å². The van der Waals surface area contributed by atoms with E-state index in [1.165, 1.54) is 12.3 Å². The molecule has 2 aromatic rings. The van der Waals surface area contributed by atoms with Crippen molar-refractivity contribution in [1.82, 2.24) is 25.0 Å². The minimum Gasteiger partial charge on any atom is -0.377 e. The summed E-state index contributed by atoms with van der Waals surface area (Å²) in [5, 5.41) is 10.9. The number of nitrogens with one attached hydrogen (secondary N) is 2. The van der Waals surface area contributed by atoms with Crippen LogP contribution in [0.15, 0.2) is 23.5 Å². The van der Waals surface area contributed by atoms with Gasteiger partial charge in [-0.15, -0.1) is 0 Å². The van der Waals surface area contributed by atoms with Crippen LogP contribution in [0.1, 0.15) is 41.2 Å². The molecule has 1 unspecified atom stereocenters. The summed E-state index contributed by atoms with van der Waals surface area (Å²) >= 11 is 0. The van der Waals surface area contributed by atoms with Gasteiger partial charge in [0, 0.05) is 25.1 Å². The number of halogens is 1. The van der Waals surface area contributed by atoms with Gasteiger partial charge in [0.25, 0.3) is 5.91 Å². The van der Waals surface area contributed by atoms with Crippen LogP contribution in [0, 0.1) is 5.82 Å². The summed E-state index contributed by atoms with van der Waals surface area (Å²) in [6.45, 7) is 2.79. The largest absolute Gasteiger partial charge is 0.377 e. The molecular weight excluding hydrogens is 389 g/mol. The second-order valence-corrected chi connectivity index (χ2v) is 8.35. The molecule has 30 heavy (non-hydrogen) atoms. The third-order valence-corrected chi connectivity index (χ3v) is 6.37. The molecule has 9 nitrogen and oxygen atoms in total. The van der Waals surface area contributed by atoms with Gasteiger partial charge in [0.2, 0.25) is 0 Å². The monoisotopic (exact) mass is 411 g/mol. The number of amidine groups is 1. The van der Waals surface area contributed by atoms with Crippen molar-refractivity contribution in [3.05, 3.63) is 35.4 Å². The van der Waals surface area contributed by atoms with Crippen LogP contribution in [0.25, 0.3) is 0 Å². The van der Waals surface area contributed by atoms with Gasteiger partial charge in [-0.2, -0.15) is 5.10 Å². The molecule has 4 aliphatic rings. The van der Waals surface area contributed by atoms with E-state index in [4.69, 9.17) is 9.73 Å². The molecule has 156 valence electrons. The number of rotatable bonds is 0. The molecule has 2 aromatic heterocycles. The van der Waals surface area contributed by atoms with Gasteiger partial charge in [-0.3, -0.25) is 4.79 Å². The first-order valence-corrected chi connectivity index (χ1v) is 10.3. The molecule has 2 N–H and O–H groups in total. The highest BCUT2D eigenvalue weighted by Crippen LogP contribution is 2.39. The van der Waals surface area contributed by atoms with Gasteiger partial charge < -0.3 is 20.3 Å². The number of fused-ring (bicyclic) bond motifs is 4. The van der Waals surface area contributed by atoms with E-state index >= 15 is 0 Å². The molecular formula is C20H22FN7O2. The number of hydrogen-bond acceptors (Lipinski definition) is 7. The first-order chi connectivity index (χ1) is 14.6. The predicted molar refractivity (Wildman–Crippen MR) is 106 cm³/mol. The molecule has 1 atom stereocenters. The third kappa shape index (κ3) is 2.85. The average molecular weight is 411 g/mol. The molecule has 1 saturated heterocycles. The Morgan fingerprint density at radius 3 is 3.03 bits per heavy atom. The van der Waals surface area contributed by atoms with Crippen molar-refractivity contribution in [1.29, 1.82) is 0 Å². The Morgan fingerprint density at radius 2 is 2.17 bits per heavy atom. The van der Waals surface area contributed by atoms with Crippen molar-refractivity contribution >= 4 is 23.4 Å². The van der Waals surface area contributed by atoms with E-state index in [-0.39, 0.29) is 23.3 Å². The van der Waals surface area contributed by atoms with E-state index in [0.717, 1.165) is 24.2 Å². The number of amides is 1. The summed E-state index contributed by atoms with van der Waals surface area (Å²) < 4.78 is 21.7. The Bertz CT molecular complexity index is 1060. The highest BCUT2D eigenvalue weighted by Gasteiger charge is 2.45. The quantitative estimate of drug-likeness (QED) is 0.684. The number of aliphatic imine (C=N–C) groups is 1. The summed E-state index contributed by atoms with van der Waals surface area (Å²) in [4.78, 5) is 24.4. The predicted octanol–water partition coefficient (Wildman–Crippen LogP) is 1.61. The summed E-state index contributed by atoms with van der Waals surface area (Å²) in [5.74, 6) is 1.52. The van der Waals surface area contributed by atoms with Crippen LogP contribution in [0.5, 0.6) is 0 Å². The highest BCUT2D eigenvalue weighted by molar-refractivity contribution is 6.00. The van der Waals surface area contributed by atoms with Crippen molar-refractivity contribution in [3.8, 4) is 0 Å². The van der Waals surface area contributed by atoms with E-state index in [1.54, 1.807) is 10.9 Å². The Labute approximate surface area is 172 Å². The number of pyridine rings is 1. The summed E-state index contributed by atoms with van der Waals surface area (Å²) in [5.41, 5.74) is 0.902. The fourth-order valence-corrected chi connectivity index (χ4v) is 4.50. The first kappa shape index (κ1) is 17.8. The van der Waals surface area contributed by atoms with Crippen molar-refractivity contribution in [2.75, 3.05) is 31.6 Å². The molecule has 1 amide bonds. The van der Waals surface area contributed by atoms with Crippen molar-refractivity contribution in [2.24, 2.45) is 4.99 Å². The number of nitrogens with zero attached hydrogens (tertiary/aromatic N) is 5. The van der Waals surface area contributed by atoms with Gasteiger partial charge in [0.1, 0.15) is 23.0 Å². The Hall–Kier alpha value is -3.01. The van der Waals surface area contributed by atoms with Gasteiger partial charge in [0.05, 0.1) is 43.7 Å². The van der Waals surface area contributed by atoms with Crippen LogP contribution in [0.2, 0.25) is 0 Å². The summed E-state index contributed by atoms with van der Waals surface area (Å²) in [7, 11) is 0. The number of hydrogen-bond donors (Lipinski definition) is 2.